The highest BCUT2D eigenvalue weighted by molar-refractivity contribution is 9.10. The maximum absolute atomic E-state index is 10.5. The lowest BCUT2D eigenvalue weighted by Crippen LogP contribution is -2.44. The fourth-order valence-corrected chi connectivity index (χ4v) is 6.47. The van der Waals surface area contributed by atoms with Crippen molar-refractivity contribution in [3.8, 4) is 0 Å². The van der Waals surface area contributed by atoms with E-state index in [4.69, 9.17) is 0 Å². The van der Waals surface area contributed by atoms with Gasteiger partial charge in [-0.05, 0) is 97.9 Å². The van der Waals surface area contributed by atoms with E-state index in [0.717, 1.165) is 35.3 Å². The lowest BCUT2D eigenvalue weighted by atomic mass is 9.50. The van der Waals surface area contributed by atoms with Crippen LogP contribution >= 0.6 is 15.9 Å². The number of aryl methyl sites for hydroxylation is 1. The standard InChI is InChI=1S/C11H18.C8H9Br.C8H9NO/c1-11-5-8-2-9(6-11)4-10(3-8)7-11;1-2-7-4-3-5-8(9)6-7;1-7(10)9-8-5-3-2-4-6-8/h8-10H,2-7H2,1H3;3-6H,2H2,1H3;2-6H,1H3,(H,9,10). The third kappa shape index (κ3) is 6.97. The highest BCUT2D eigenvalue weighted by Crippen LogP contribution is 2.59. The van der Waals surface area contributed by atoms with Gasteiger partial charge in [-0.25, -0.2) is 0 Å². The molecule has 6 rings (SSSR count). The molecule has 0 atom stereocenters. The number of amides is 1. The Hall–Kier alpha value is -1.61. The summed E-state index contributed by atoms with van der Waals surface area (Å²) < 4.78 is 1.17. The lowest BCUT2D eigenvalue weighted by molar-refractivity contribution is -0.114. The first-order chi connectivity index (χ1) is 14.3. The molecule has 1 amide bonds. The average Bonchev–Trinajstić information content (AvgIpc) is 2.67. The monoisotopic (exact) mass is 469 g/mol. The molecule has 0 heterocycles. The van der Waals surface area contributed by atoms with Crippen molar-refractivity contribution >= 4 is 27.5 Å². The molecule has 0 aliphatic heterocycles. The molecule has 2 aromatic carbocycles. The van der Waals surface area contributed by atoms with Gasteiger partial charge in [0.15, 0.2) is 0 Å². The highest BCUT2D eigenvalue weighted by atomic mass is 79.9. The van der Waals surface area contributed by atoms with Crippen LogP contribution in [0.2, 0.25) is 0 Å². The van der Waals surface area contributed by atoms with Crippen molar-refractivity contribution in [2.75, 3.05) is 5.32 Å². The Morgan fingerprint density at radius 2 is 1.53 bits per heavy atom. The van der Waals surface area contributed by atoms with Crippen LogP contribution in [0.15, 0.2) is 59.1 Å². The van der Waals surface area contributed by atoms with Crippen molar-refractivity contribution in [3.05, 3.63) is 64.6 Å². The van der Waals surface area contributed by atoms with Crippen LogP contribution in [-0.4, -0.2) is 5.91 Å². The van der Waals surface area contributed by atoms with Gasteiger partial charge in [0.05, 0.1) is 0 Å². The quantitative estimate of drug-likeness (QED) is 0.475. The molecule has 0 aromatic heterocycles. The Bertz CT molecular complexity index is 781. The van der Waals surface area contributed by atoms with Gasteiger partial charge in [0.1, 0.15) is 0 Å². The number of hydrogen-bond donors (Lipinski definition) is 1. The molecule has 2 aromatic rings. The molecule has 1 N–H and O–H groups in total. The summed E-state index contributed by atoms with van der Waals surface area (Å²) in [5.41, 5.74) is 3.02. The van der Waals surface area contributed by atoms with Crippen LogP contribution in [0.3, 0.4) is 0 Å². The van der Waals surface area contributed by atoms with E-state index in [-0.39, 0.29) is 5.91 Å². The number of anilines is 1. The Morgan fingerprint density at radius 1 is 0.967 bits per heavy atom. The van der Waals surface area contributed by atoms with Gasteiger partial charge >= 0.3 is 0 Å². The zero-order valence-corrected chi connectivity index (χ0v) is 20.3. The maximum atomic E-state index is 10.5. The molecule has 4 bridgehead atoms. The first kappa shape index (κ1) is 23.1. The number of benzene rings is 2. The number of para-hydroxylation sites is 1. The molecule has 4 aliphatic rings. The third-order valence-corrected chi connectivity index (χ3v) is 7.23. The van der Waals surface area contributed by atoms with Gasteiger partial charge in [0.25, 0.3) is 0 Å². The topological polar surface area (TPSA) is 29.1 Å². The summed E-state index contributed by atoms with van der Waals surface area (Å²) in [6.07, 6.45) is 10.6. The molecule has 0 unspecified atom stereocenters. The van der Waals surface area contributed by atoms with Gasteiger partial charge in [0, 0.05) is 17.1 Å². The molecular weight excluding hydrogens is 434 g/mol. The molecule has 4 aliphatic carbocycles. The van der Waals surface area contributed by atoms with Crippen LogP contribution in [0.5, 0.6) is 0 Å². The number of rotatable bonds is 2. The van der Waals surface area contributed by atoms with E-state index in [1.807, 2.05) is 36.4 Å². The number of hydrogen-bond acceptors (Lipinski definition) is 1. The van der Waals surface area contributed by atoms with Crippen LogP contribution in [0.25, 0.3) is 0 Å². The predicted octanol–water partition coefficient (Wildman–Crippen LogP) is 7.88. The SMILES string of the molecule is CC(=O)Nc1ccccc1.CC12CC3CC(CC(C3)C1)C2.CCc1cccc(Br)c1. The van der Waals surface area contributed by atoms with E-state index in [0.29, 0.717) is 0 Å². The summed E-state index contributed by atoms with van der Waals surface area (Å²) in [7, 11) is 0. The molecule has 4 saturated carbocycles. The average molecular weight is 470 g/mol. The van der Waals surface area contributed by atoms with Gasteiger partial charge in [0.2, 0.25) is 5.91 Å². The summed E-state index contributed by atoms with van der Waals surface area (Å²) >= 11 is 3.40. The first-order valence-electron chi connectivity index (χ1n) is 11.4. The Morgan fingerprint density at radius 3 is 1.93 bits per heavy atom. The second-order valence-electron chi connectivity index (χ2n) is 9.76. The highest BCUT2D eigenvalue weighted by Gasteiger charge is 2.48. The fraction of sp³-hybridized carbons (Fsp3) is 0.519. The number of halogens is 1. The molecule has 4 fully saturated rings. The Balaban J connectivity index is 0.000000129. The van der Waals surface area contributed by atoms with Crippen molar-refractivity contribution in [3.63, 3.8) is 0 Å². The molecule has 0 radical (unpaired) electrons. The largest absolute Gasteiger partial charge is 0.326 e. The van der Waals surface area contributed by atoms with E-state index in [1.165, 1.54) is 17.0 Å². The lowest BCUT2D eigenvalue weighted by Gasteiger charge is -2.55. The van der Waals surface area contributed by atoms with Gasteiger partial charge in [-0.15, -0.1) is 0 Å². The van der Waals surface area contributed by atoms with Crippen LogP contribution in [0, 0.1) is 23.2 Å². The van der Waals surface area contributed by atoms with Crippen molar-refractivity contribution in [1.29, 1.82) is 0 Å². The minimum absolute atomic E-state index is 0.0359. The van der Waals surface area contributed by atoms with E-state index >= 15 is 0 Å². The zero-order valence-electron chi connectivity index (χ0n) is 18.7. The van der Waals surface area contributed by atoms with Crippen LogP contribution in [-0.2, 0) is 11.2 Å². The summed E-state index contributed by atoms with van der Waals surface area (Å²) in [4.78, 5) is 10.5. The van der Waals surface area contributed by atoms with E-state index in [9.17, 15) is 4.79 Å². The minimum Gasteiger partial charge on any atom is -0.326 e. The second-order valence-corrected chi connectivity index (χ2v) is 10.7. The van der Waals surface area contributed by atoms with Gasteiger partial charge in [-0.1, -0.05) is 60.1 Å². The molecular formula is C27H36BrNO. The van der Waals surface area contributed by atoms with Crippen LogP contribution in [0.4, 0.5) is 5.69 Å². The maximum Gasteiger partial charge on any atom is 0.221 e. The van der Waals surface area contributed by atoms with Gasteiger partial charge in [-0.3, -0.25) is 4.79 Å². The predicted molar refractivity (Wildman–Crippen MR) is 131 cm³/mol. The minimum atomic E-state index is -0.0359. The summed E-state index contributed by atoms with van der Waals surface area (Å²) in [6.45, 7) is 6.19. The Labute approximate surface area is 191 Å². The molecule has 0 saturated heterocycles. The van der Waals surface area contributed by atoms with E-state index < -0.39 is 0 Å². The van der Waals surface area contributed by atoms with E-state index in [1.54, 1.807) is 38.5 Å². The number of nitrogens with one attached hydrogen (secondary N) is 1. The molecule has 3 heteroatoms. The smallest absolute Gasteiger partial charge is 0.221 e. The summed E-state index contributed by atoms with van der Waals surface area (Å²) in [6, 6.07) is 17.7. The van der Waals surface area contributed by atoms with Crippen molar-refractivity contribution in [2.24, 2.45) is 23.2 Å². The molecule has 162 valence electrons. The van der Waals surface area contributed by atoms with Crippen LogP contribution in [0.1, 0.15) is 64.9 Å². The molecule has 30 heavy (non-hydrogen) atoms. The summed E-state index contributed by atoms with van der Waals surface area (Å²) in [5.74, 6) is 3.40. The van der Waals surface area contributed by atoms with Gasteiger partial charge in [-0.2, -0.15) is 0 Å². The van der Waals surface area contributed by atoms with E-state index in [2.05, 4.69) is 53.3 Å². The Kier molecular flexibility index (Phi) is 8.16. The van der Waals surface area contributed by atoms with Crippen molar-refractivity contribution in [2.45, 2.75) is 65.7 Å². The fourth-order valence-electron chi connectivity index (χ4n) is 6.03. The van der Waals surface area contributed by atoms with Crippen molar-refractivity contribution in [1.82, 2.24) is 0 Å². The van der Waals surface area contributed by atoms with Crippen molar-refractivity contribution < 1.29 is 4.79 Å². The normalized spacial score (nSPS) is 27.9. The molecule has 2 nitrogen and oxygen atoms in total. The number of carbonyl (C=O) groups is 1. The van der Waals surface area contributed by atoms with Crippen LogP contribution < -0.4 is 5.32 Å². The second kappa shape index (κ2) is 10.6. The molecule has 0 spiro atoms. The third-order valence-electron chi connectivity index (χ3n) is 6.74. The zero-order chi connectivity index (χ0) is 21.6. The number of carbonyl (C=O) groups excluding carboxylic acids is 1. The first-order valence-corrected chi connectivity index (χ1v) is 12.2. The van der Waals surface area contributed by atoms with Gasteiger partial charge < -0.3 is 5.32 Å². The summed E-state index contributed by atoms with van der Waals surface area (Å²) in [5, 5.41) is 2.67.